The van der Waals surface area contributed by atoms with Gasteiger partial charge in [-0.2, -0.15) is 0 Å². The lowest BCUT2D eigenvalue weighted by atomic mass is 9.84. The zero-order valence-electron chi connectivity index (χ0n) is 67.6. The van der Waals surface area contributed by atoms with Crippen LogP contribution in [0.3, 0.4) is 0 Å². The molecule has 26 aromatic rings. The minimum absolute atomic E-state index is 0.710. The molecule has 0 amide bonds. The van der Waals surface area contributed by atoms with Gasteiger partial charge in [0, 0.05) is 22.5 Å². The molecule has 0 aliphatic heterocycles. The van der Waals surface area contributed by atoms with E-state index in [1.54, 1.807) is 0 Å². The molecule has 0 aliphatic rings. The summed E-state index contributed by atoms with van der Waals surface area (Å²) in [6.45, 7) is 0. The first kappa shape index (κ1) is 71.7. The average Bonchev–Trinajstić information content (AvgIpc) is 1.14. The Labute approximate surface area is 721 Å². The number of nitrogens with zero attached hydrogens (tertiary/aromatic N) is 12. The summed E-state index contributed by atoms with van der Waals surface area (Å²) in [6.07, 6.45) is 0. The highest BCUT2D eigenvalue weighted by Gasteiger charge is 2.24. The summed E-state index contributed by atoms with van der Waals surface area (Å²) in [5, 5.41) is 13.8. The van der Waals surface area contributed by atoms with Crippen LogP contribution in [0.4, 0.5) is 0 Å². The Hall–Kier alpha value is -17.2. The second-order valence-electron chi connectivity index (χ2n) is 32.2. The third-order valence-electron chi connectivity index (χ3n) is 24.7. The Bertz CT molecular complexity index is 8710. The molecule has 0 spiro atoms. The number of aromatic nitrogens is 12. The molecule has 588 valence electrons. The SMILES string of the molecule is c1ccc(-c2nc3ccccc3n2-c2ccc(-c3c4ccc(-c5nc6ccccc6[n-]5)cc4c(-c4ccc5ccccc5c4)c4ccc(-c5nc6ccccc6[n-]5)cc34)cc2)cc1.c1ccc(-n2c(-c3ccc(-c4c5ccc(-c6nc7ccccc7[n-]6)cc5c(-c5ccc6ccccc6c5)c5ccc(-c6nc7ccccc7[n-]6)cc45)cc3)nc3ccccc32)cc1. The van der Waals surface area contributed by atoms with Crippen LogP contribution < -0.4 is 19.9 Å². The first-order chi connectivity index (χ1) is 62.4. The highest BCUT2D eigenvalue weighted by molar-refractivity contribution is 6.25. The van der Waals surface area contributed by atoms with E-state index in [0.29, 0.717) is 23.3 Å². The van der Waals surface area contributed by atoms with Crippen LogP contribution in [0.1, 0.15) is 0 Å². The van der Waals surface area contributed by atoms with Gasteiger partial charge in [0.1, 0.15) is 11.6 Å². The molecule has 0 atom stereocenters. The zero-order valence-corrected chi connectivity index (χ0v) is 67.6. The number of rotatable bonds is 12. The van der Waals surface area contributed by atoms with Crippen molar-refractivity contribution in [2.24, 2.45) is 0 Å². The lowest BCUT2D eigenvalue weighted by molar-refractivity contribution is 1.10. The maximum Gasteiger partial charge on any atom is 0.145 e. The van der Waals surface area contributed by atoms with E-state index in [9.17, 15) is 0 Å². The number of fused-ring (bicyclic) bond motifs is 12. The molecule has 0 saturated carbocycles. The van der Waals surface area contributed by atoms with Crippen molar-refractivity contribution in [1.29, 1.82) is 0 Å². The molecule has 0 fully saturated rings. The van der Waals surface area contributed by atoms with Crippen LogP contribution in [0, 0.1) is 0 Å². The van der Waals surface area contributed by atoms with Gasteiger partial charge in [-0.05, 0) is 260 Å². The van der Waals surface area contributed by atoms with Crippen LogP contribution in [-0.2, 0) is 0 Å². The molecular weight excluding hydrogens is 1540 g/mol. The lowest BCUT2D eigenvalue weighted by Gasteiger charge is -2.21. The van der Waals surface area contributed by atoms with Crippen LogP contribution in [0.2, 0.25) is 0 Å². The maximum atomic E-state index is 5.18. The number of hydrogen-bond donors (Lipinski definition) is 0. The van der Waals surface area contributed by atoms with Crippen molar-refractivity contribution in [3.8, 4) is 124 Å². The van der Waals surface area contributed by atoms with E-state index in [-0.39, 0.29) is 0 Å². The molecule has 0 radical (unpaired) electrons. The summed E-state index contributed by atoms with van der Waals surface area (Å²) in [5.74, 6) is 4.65. The fourth-order valence-electron chi connectivity index (χ4n) is 18.8. The van der Waals surface area contributed by atoms with Gasteiger partial charge in [0.15, 0.2) is 0 Å². The monoisotopic (exact) mass is 1600 g/mol. The van der Waals surface area contributed by atoms with Gasteiger partial charge in [0.05, 0.1) is 22.1 Å². The van der Waals surface area contributed by atoms with Crippen LogP contribution in [0.25, 0.3) is 255 Å². The Morgan fingerprint density at radius 3 is 0.810 bits per heavy atom. The number of para-hydroxylation sites is 13. The maximum absolute atomic E-state index is 5.18. The minimum atomic E-state index is 0.710. The van der Waals surface area contributed by atoms with Crippen LogP contribution in [-0.4, -0.2) is 39.0 Å². The fraction of sp³-hybridized carbons (Fsp3) is 0. The Morgan fingerprint density at radius 2 is 0.437 bits per heavy atom. The highest BCUT2D eigenvalue weighted by atomic mass is 15.1. The van der Waals surface area contributed by atoms with E-state index in [4.69, 9.17) is 49.8 Å². The van der Waals surface area contributed by atoms with E-state index < -0.39 is 0 Å². The van der Waals surface area contributed by atoms with Gasteiger partial charge in [-0.15, -0.1) is 0 Å². The Balaban J connectivity index is 0.000000137. The molecule has 12 heteroatoms. The van der Waals surface area contributed by atoms with Crippen LogP contribution in [0.5, 0.6) is 0 Å². The quantitative estimate of drug-likeness (QED) is 0.108. The number of imidazole rings is 6. The molecule has 20 aromatic carbocycles. The average molecular weight is 1610 g/mol. The second kappa shape index (κ2) is 29.3. The molecule has 0 N–H and O–H groups in total. The van der Waals surface area contributed by atoms with Crippen molar-refractivity contribution in [1.82, 2.24) is 59.0 Å². The largest absolute Gasteiger partial charge is 0.435 e. The van der Waals surface area contributed by atoms with Gasteiger partial charge < -0.3 is 39.9 Å². The number of benzene rings is 20. The third-order valence-corrected chi connectivity index (χ3v) is 24.7. The smallest absolute Gasteiger partial charge is 0.145 e. The van der Waals surface area contributed by atoms with Gasteiger partial charge in [0.2, 0.25) is 0 Å². The normalized spacial score (nSPS) is 11.8. The summed E-state index contributed by atoms with van der Waals surface area (Å²) in [7, 11) is 0. The summed E-state index contributed by atoms with van der Waals surface area (Å²) in [5.41, 5.74) is 28.2. The third kappa shape index (κ3) is 12.2. The molecule has 0 unspecified atom stereocenters. The molecule has 6 aromatic heterocycles. The van der Waals surface area contributed by atoms with Crippen molar-refractivity contribution < 1.29 is 0 Å². The molecule has 12 nitrogen and oxygen atoms in total. The van der Waals surface area contributed by atoms with Crippen molar-refractivity contribution >= 4 is 131 Å². The van der Waals surface area contributed by atoms with Gasteiger partial charge in [-0.1, -0.05) is 351 Å². The van der Waals surface area contributed by atoms with Gasteiger partial charge in [-0.3, -0.25) is 9.13 Å². The van der Waals surface area contributed by atoms with E-state index in [1.807, 2.05) is 121 Å². The molecule has 26 rings (SSSR count). The Morgan fingerprint density at radius 1 is 0.167 bits per heavy atom. The van der Waals surface area contributed by atoms with E-state index in [1.165, 1.54) is 21.5 Å². The van der Waals surface area contributed by atoms with Crippen molar-refractivity contribution in [2.75, 3.05) is 0 Å². The Kier molecular flexibility index (Phi) is 16.7. The van der Waals surface area contributed by atoms with Gasteiger partial charge in [0.25, 0.3) is 0 Å². The standard InChI is InChI=1S/2C57H34N6/c1-2-14-42(15-3-1)63-52-21-11-10-20-51(52)62-57(63)37-25-23-36(24-26-37)53-43-30-28-41(56-60-49-18-8-9-19-50(49)61-56)34-46(43)54(39-27-22-35-12-4-5-13-38(35)32-39)44-31-29-40(33-45(44)53)55-58-47-16-6-7-17-48(47)59-55;1-2-13-37(14-3-1)57-62-51-20-10-11-21-52(51)63(57)42-28-24-36(25-29-42)53-43-30-26-41(56-60-49-18-8-9-19-50(49)61-56)34-46(43)54(39-23-22-35-12-4-5-15-38(35)32-39)44-31-27-40(33-45(44)53)55-58-47-16-6-7-17-48(47)59-55/h2*1-34H/q2*-2. The van der Waals surface area contributed by atoms with Crippen molar-refractivity contribution in [3.05, 3.63) is 413 Å². The molecule has 0 saturated heterocycles. The molecule has 6 heterocycles. The highest BCUT2D eigenvalue weighted by Crippen LogP contribution is 2.50. The zero-order chi connectivity index (χ0) is 82.9. The fourth-order valence-corrected chi connectivity index (χ4v) is 18.8. The summed E-state index contributed by atoms with van der Waals surface area (Å²) in [6, 6.07) is 145. The van der Waals surface area contributed by atoms with Gasteiger partial charge in [-0.25, -0.2) is 9.97 Å². The predicted octanol–water partition coefficient (Wildman–Crippen LogP) is 27.7. The second-order valence-corrected chi connectivity index (χ2v) is 32.2. The molecule has 0 aliphatic carbocycles. The summed E-state index contributed by atoms with van der Waals surface area (Å²) >= 11 is 0. The van der Waals surface area contributed by atoms with Crippen molar-refractivity contribution in [2.45, 2.75) is 0 Å². The topological polar surface area (TPSA) is 144 Å². The summed E-state index contributed by atoms with van der Waals surface area (Å²) in [4.78, 5) is 50.2. The molecule has 0 bridgehead atoms. The first-order valence-electron chi connectivity index (χ1n) is 42.3. The van der Waals surface area contributed by atoms with Crippen LogP contribution >= 0.6 is 0 Å². The van der Waals surface area contributed by atoms with E-state index >= 15 is 0 Å². The lowest BCUT2D eigenvalue weighted by Crippen LogP contribution is -1.98. The minimum Gasteiger partial charge on any atom is -0.435 e. The van der Waals surface area contributed by atoms with Crippen molar-refractivity contribution in [3.63, 3.8) is 0 Å². The predicted molar refractivity (Wildman–Crippen MR) is 516 cm³/mol. The molecule has 126 heavy (non-hydrogen) atoms. The van der Waals surface area contributed by atoms with Crippen LogP contribution in [0.15, 0.2) is 413 Å². The summed E-state index contributed by atoms with van der Waals surface area (Å²) < 4.78 is 4.51. The van der Waals surface area contributed by atoms with E-state index in [2.05, 4.69) is 300 Å². The van der Waals surface area contributed by atoms with E-state index in [0.717, 1.165) is 210 Å². The number of hydrogen-bond acceptors (Lipinski definition) is 6. The first-order valence-corrected chi connectivity index (χ1v) is 42.3. The molecular formula is C114H68N12-4. The van der Waals surface area contributed by atoms with Gasteiger partial charge >= 0.3 is 0 Å².